The number of sulfonamides is 1. The van der Waals surface area contributed by atoms with Gasteiger partial charge in [-0.05, 0) is 23.3 Å². The van der Waals surface area contributed by atoms with E-state index in [1.807, 2.05) is 42.5 Å². The summed E-state index contributed by atoms with van der Waals surface area (Å²) < 4.78 is 38.8. The topological polar surface area (TPSA) is 55.8 Å². The second kappa shape index (κ2) is 6.78. The molecule has 2 aromatic carbocycles. The summed E-state index contributed by atoms with van der Waals surface area (Å²) in [5.74, 6) is 0.195. The lowest BCUT2D eigenvalue weighted by Gasteiger charge is -2.26. The van der Waals surface area contributed by atoms with Crippen LogP contribution in [0, 0.1) is 11.3 Å². The SMILES string of the molecule is COC[C@@]12COC[C@@H]1CN(S(=O)(=O)c1ccc(-c3ccccc3)cc1)C2. The Labute approximate surface area is 154 Å². The first-order valence-corrected chi connectivity index (χ1v) is 10.2. The fourth-order valence-corrected chi connectivity index (χ4v) is 5.64. The van der Waals surface area contributed by atoms with Gasteiger partial charge in [-0.25, -0.2) is 8.42 Å². The summed E-state index contributed by atoms with van der Waals surface area (Å²) in [6.07, 6.45) is 0. The van der Waals surface area contributed by atoms with Crippen LogP contribution >= 0.6 is 0 Å². The molecule has 0 N–H and O–H groups in total. The van der Waals surface area contributed by atoms with Gasteiger partial charge >= 0.3 is 0 Å². The molecule has 6 heteroatoms. The Morgan fingerprint density at radius 2 is 1.81 bits per heavy atom. The van der Waals surface area contributed by atoms with Crippen molar-refractivity contribution in [3.63, 3.8) is 0 Å². The summed E-state index contributed by atoms with van der Waals surface area (Å²) in [4.78, 5) is 0.339. The molecule has 138 valence electrons. The number of benzene rings is 2. The highest BCUT2D eigenvalue weighted by Crippen LogP contribution is 2.43. The first-order chi connectivity index (χ1) is 12.5. The van der Waals surface area contributed by atoms with E-state index in [9.17, 15) is 8.42 Å². The van der Waals surface area contributed by atoms with Crippen LogP contribution in [0.15, 0.2) is 59.5 Å². The summed E-state index contributed by atoms with van der Waals surface area (Å²) in [7, 11) is -1.86. The highest BCUT2D eigenvalue weighted by Gasteiger charge is 2.53. The molecule has 0 aromatic heterocycles. The van der Waals surface area contributed by atoms with Gasteiger partial charge in [-0.1, -0.05) is 42.5 Å². The molecule has 0 amide bonds. The van der Waals surface area contributed by atoms with Crippen molar-refractivity contribution in [3.05, 3.63) is 54.6 Å². The summed E-state index contributed by atoms with van der Waals surface area (Å²) in [5, 5.41) is 0. The zero-order valence-corrected chi connectivity index (χ0v) is 15.6. The van der Waals surface area contributed by atoms with E-state index >= 15 is 0 Å². The Morgan fingerprint density at radius 3 is 2.50 bits per heavy atom. The molecule has 2 atom stereocenters. The quantitative estimate of drug-likeness (QED) is 0.809. The van der Waals surface area contributed by atoms with Crippen LogP contribution in [0.5, 0.6) is 0 Å². The fourth-order valence-electron chi connectivity index (χ4n) is 4.06. The van der Waals surface area contributed by atoms with Gasteiger partial charge in [-0.3, -0.25) is 0 Å². The Kier molecular flexibility index (Phi) is 4.61. The van der Waals surface area contributed by atoms with Crippen molar-refractivity contribution in [2.75, 3.05) is 40.0 Å². The van der Waals surface area contributed by atoms with Gasteiger partial charge in [0.25, 0.3) is 0 Å². The molecule has 0 aliphatic carbocycles. The molecule has 0 spiro atoms. The van der Waals surface area contributed by atoms with E-state index in [-0.39, 0.29) is 11.3 Å². The Hall–Kier alpha value is -1.73. The van der Waals surface area contributed by atoms with Crippen LogP contribution < -0.4 is 0 Å². The molecule has 26 heavy (non-hydrogen) atoms. The van der Waals surface area contributed by atoms with Gasteiger partial charge in [0, 0.05) is 31.5 Å². The average molecular weight is 373 g/mol. The second-order valence-corrected chi connectivity index (χ2v) is 9.13. The smallest absolute Gasteiger partial charge is 0.243 e. The first-order valence-electron chi connectivity index (χ1n) is 8.77. The number of ether oxygens (including phenoxy) is 2. The fraction of sp³-hybridized carbons (Fsp3) is 0.400. The van der Waals surface area contributed by atoms with E-state index in [2.05, 4.69) is 0 Å². The van der Waals surface area contributed by atoms with Crippen LogP contribution in [0.3, 0.4) is 0 Å². The van der Waals surface area contributed by atoms with Crippen molar-refractivity contribution in [2.24, 2.45) is 11.3 Å². The maximum absolute atomic E-state index is 13.1. The van der Waals surface area contributed by atoms with E-state index in [1.165, 1.54) is 0 Å². The van der Waals surface area contributed by atoms with Crippen molar-refractivity contribution in [1.82, 2.24) is 4.31 Å². The number of nitrogens with zero attached hydrogens (tertiary/aromatic N) is 1. The molecule has 0 bridgehead atoms. The standard InChI is InChI=1S/C20H23NO4S/c1-24-14-20-13-21(11-18(20)12-25-15-20)26(22,23)19-9-7-17(8-10-19)16-5-3-2-4-6-16/h2-10,18H,11-15H2,1H3/t18-,20-/m0/s1. The number of fused-ring (bicyclic) bond motifs is 1. The average Bonchev–Trinajstić information content (AvgIpc) is 3.20. The molecule has 5 nitrogen and oxygen atoms in total. The van der Waals surface area contributed by atoms with Crippen LogP contribution in [0.25, 0.3) is 11.1 Å². The highest BCUT2D eigenvalue weighted by atomic mass is 32.2. The monoisotopic (exact) mass is 373 g/mol. The third-order valence-electron chi connectivity index (χ3n) is 5.52. The Morgan fingerprint density at radius 1 is 1.12 bits per heavy atom. The third kappa shape index (κ3) is 2.97. The van der Waals surface area contributed by atoms with E-state index in [0.717, 1.165) is 11.1 Å². The summed E-state index contributed by atoms with van der Waals surface area (Å²) >= 11 is 0. The number of hydrogen-bond donors (Lipinski definition) is 0. The minimum absolute atomic E-state index is 0.195. The summed E-state index contributed by atoms with van der Waals surface area (Å²) in [5.41, 5.74) is 1.86. The second-order valence-electron chi connectivity index (χ2n) is 7.20. The van der Waals surface area contributed by atoms with E-state index in [4.69, 9.17) is 9.47 Å². The minimum Gasteiger partial charge on any atom is -0.384 e. The van der Waals surface area contributed by atoms with E-state index in [1.54, 1.807) is 23.5 Å². The van der Waals surface area contributed by atoms with Gasteiger partial charge in [-0.15, -0.1) is 0 Å². The van der Waals surface area contributed by atoms with Crippen LogP contribution in [0.2, 0.25) is 0 Å². The zero-order chi connectivity index (χ0) is 18.2. The van der Waals surface area contributed by atoms with Gasteiger partial charge in [0.2, 0.25) is 10.0 Å². The molecule has 2 heterocycles. The van der Waals surface area contributed by atoms with Crippen LogP contribution in [-0.4, -0.2) is 52.7 Å². The minimum atomic E-state index is -3.51. The molecule has 0 radical (unpaired) electrons. The first kappa shape index (κ1) is 17.7. The molecular weight excluding hydrogens is 350 g/mol. The van der Waals surface area contributed by atoms with E-state index in [0.29, 0.717) is 37.8 Å². The third-order valence-corrected chi connectivity index (χ3v) is 7.35. The summed E-state index contributed by atoms with van der Waals surface area (Å²) in [6.45, 7) is 2.63. The predicted octanol–water partition coefficient (Wildman–Crippen LogP) is 2.64. The molecular formula is C20H23NO4S. The maximum atomic E-state index is 13.1. The van der Waals surface area contributed by atoms with Gasteiger partial charge in [-0.2, -0.15) is 4.31 Å². The molecule has 2 aliphatic heterocycles. The van der Waals surface area contributed by atoms with Gasteiger partial charge in [0.05, 0.1) is 24.7 Å². The Balaban J connectivity index is 1.58. The largest absolute Gasteiger partial charge is 0.384 e. The van der Waals surface area contributed by atoms with Gasteiger partial charge in [0.1, 0.15) is 0 Å². The van der Waals surface area contributed by atoms with Gasteiger partial charge < -0.3 is 9.47 Å². The summed E-state index contributed by atoms with van der Waals surface area (Å²) in [6, 6.07) is 17.1. The highest BCUT2D eigenvalue weighted by molar-refractivity contribution is 7.89. The number of rotatable bonds is 5. The lowest BCUT2D eigenvalue weighted by atomic mass is 9.82. The molecule has 2 aliphatic rings. The number of methoxy groups -OCH3 is 1. The molecule has 0 unspecified atom stereocenters. The lowest BCUT2D eigenvalue weighted by Crippen LogP contribution is -2.37. The molecule has 2 saturated heterocycles. The van der Waals surface area contributed by atoms with Gasteiger partial charge in [0.15, 0.2) is 0 Å². The molecule has 4 rings (SSSR count). The predicted molar refractivity (Wildman–Crippen MR) is 99.3 cm³/mol. The van der Waals surface area contributed by atoms with Crippen LogP contribution in [0.4, 0.5) is 0 Å². The van der Waals surface area contributed by atoms with Crippen molar-refractivity contribution in [3.8, 4) is 11.1 Å². The normalized spacial score (nSPS) is 26.1. The molecule has 2 aromatic rings. The van der Waals surface area contributed by atoms with Crippen LogP contribution in [-0.2, 0) is 19.5 Å². The van der Waals surface area contributed by atoms with Crippen molar-refractivity contribution < 1.29 is 17.9 Å². The lowest BCUT2D eigenvalue weighted by molar-refractivity contribution is 0.0601. The van der Waals surface area contributed by atoms with Crippen LogP contribution in [0.1, 0.15) is 0 Å². The van der Waals surface area contributed by atoms with Crippen molar-refractivity contribution >= 4 is 10.0 Å². The zero-order valence-electron chi connectivity index (χ0n) is 14.8. The number of hydrogen-bond acceptors (Lipinski definition) is 4. The molecule has 2 fully saturated rings. The molecule has 0 saturated carbocycles. The maximum Gasteiger partial charge on any atom is 0.243 e. The van der Waals surface area contributed by atoms with E-state index < -0.39 is 10.0 Å². The Bertz CT molecular complexity index is 866. The van der Waals surface area contributed by atoms with Crippen molar-refractivity contribution in [2.45, 2.75) is 4.90 Å². The van der Waals surface area contributed by atoms with Crippen molar-refractivity contribution in [1.29, 1.82) is 0 Å².